The van der Waals surface area contributed by atoms with Gasteiger partial charge in [-0.25, -0.2) is 0 Å². The predicted octanol–water partition coefficient (Wildman–Crippen LogP) is 7.32. The van der Waals surface area contributed by atoms with Crippen LogP contribution in [0, 0.1) is 0 Å². The Morgan fingerprint density at radius 3 is 2.34 bits per heavy atom. The molecule has 1 N–H and O–H groups in total. The zero-order chi connectivity index (χ0) is 30.5. The number of benzene rings is 4. The Balaban J connectivity index is 1.23. The number of carbonyl (C=O) groups excluding carboxylic acids is 3. The quantitative estimate of drug-likeness (QED) is 0.194. The predicted molar refractivity (Wildman–Crippen MR) is 176 cm³/mol. The molecule has 0 unspecified atom stereocenters. The second kappa shape index (κ2) is 13.6. The van der Waals surface area contributed by atoms with E-state index in [1.165, 1.54) is 6.42 Å². The van der Waals surface area contributed by atoms with Crippen molar-refractivity contribution in [2.75, 3.05) is 11.4 Å². The molecule has 1 fully saturated rings. The van der Waals surface area contributed by atoms with Crippen LogP contribution < -0.4 is 10.2 Å². The van der Waals surface area contributed by atoms with E-state index in [2.05, 4.69) is 5.32 Å². The monoisotopic (exact) mass is 607 g/mol. The third-order valence-corrected chi connectivity index (χ3v) is 9.16. The van der Waals surface area contributed by atoms with Gasteiger partial charge >= 0.3 is 0 Å². The summed E-state index contributed by atoms with van der Waals surface area (Å²) in [4.78, 5) is 44.9. The number of anilines is 1. The van der Waals surface area contributed by atoms with E-state index < -0.39 is 6.04 Å². The van der Waals surface area contributed by atoms with Crippen LogP contribution in [-0.2, 0) is 22.6 Å². The summed E-state index contributed by atoms with van der Waals surface area (Å²) in [7, 11) is 0. The lowest BCUT2D eigenvalue weighted by Gasteiger charge is -2.33. The van der Waals surface area contributed by atoms with Gasteiger partial charge in [-0.2, -0.15) is 0 Å². The number of nitrogens with one attached hydrogen (secondary N) is 1. The number of amides is 3. The van der Waals surface area contributed by atoms with E-state index in [1.54, 1.807) is 9.80 Å². The van der Waals surface area contributed by atoms with Gasteiger partial charge in [0.1, 0.15) is 6.04 Å². The highest BCUT2D eigenvalue weighted by Gasteiger charge is 2.33. The first-order valence-corrected chi connectivity index (χ1v) is 16.1. The lowest BCUT2D eigenvalue weighted by atomic mass is 9.94. The van der Waals surface area contributed by atoms with Crippen LogP contribution in [0.15, 0.2) is 91.0 Å². The van der Waals surface area contributed by atoms with Crippen molar-refractivity contribution in [2.45, 2.75) is 70.0 Å². The molecule has 0 aromatic heterocycles. The number of rotatable bonds is 11. The molecule has 1 heterocycles. The van der Waals surface area contributed by atoms with Gasteiger partial charge < -0.3 is 15.1 Å². The maximum Gasteiger partial charge on any atom is 0.258 e. The maximum absolute atomic E-state index is 14.1. The standard InChI is InChI=1S/C37H38ClN3O3/c38-29-21-19-27(20-22-29)25-41(33(24-26-10-3-1-4-11-26)36(43)39-30-14-5-2-6-15-30)34(42)18-9-23-40-32-17-8-13-28-12-7-16-31(35(28)32)37(40)44/h1,3-4,7-8,10-13,16-17,19-22,30,33H,2,5-6,9,14-15,18,23-25H2,(H,39,43)/t33-/m1/s1. The highest BCUT2D eigenvalue weighted by atomic mass is 35.5. The molecule has 44 heavy (non-hydrogen) atoms. The molecule has 6 nitrogen and oxygen atoms in total. The van der Waals surface area contributed by atoms with Crippen LogP contribution in [0.25, 0.3) is 10.8 Å². The van der Waals surface area contributed by atoms with Crippen LogP contribution in [0.5, 0.6) is 0 Å². The van der Waals surface area contributed by atoms with Crippen LogP contribution in [0.2, 0.25) is 5.02 Å². The number of hydrogen-bond donors (Lipinski definition) is 1. The molecule has 0 bridgehead atoms. The van der Waals surface area contributed by atoms with E-state index in [0.29, 0.717) is 36.5 Å². The van der Waals surface area contributed by atoms with E-state index in [-0.39, 0.29) is 30.2 Å². The molecule has 1 saturated carbocycles. The first-order chi connectivity index (χ1) is 21.5. The van der Waals surface area contributed by atoms with E-state index >= 15 is 0 Å². The highest BCUT2D eigenvalue weighted by molar-refractivity contribution is 6.30. The SMILES string of the molecule is O=C(NC1CCCCC1)[C@@H](Cc1ccccc1)N(Cc1ccc(Cl)cc1)C(=O)CCCN1C(=O)c2cccc3cccc1c23. The minimum absolute atomic E-state index is 0.0314. The van der Waals surface area contributed by atoms with E-state index in [4.69, 9.17) is 11.6 Å². The second-order valence-corrected chi connectivity index (χ2v) is 12.4. The Hall–Kier alpha value is -4.16. The van der Waals surface area contributed by atoms with Crippen LogP contribution in [0.3, 0.4) is 0 Å². The molecule has 4 aromatic carbocycles. The van der Waals surface area contributed by atoms with Crippen molar-refractivity contribution in [1.82, 2.24) is 10.2 Å². The Morgan fingerprint density at radius 1 is 0.864 bits per heavy atom. The average molecular weight is 608 g/mol. The summed E-state index contributed by atoms with van der Waals surface area (Å²) in [5.41, 5.74) is 3.50. The van der Waals surface area contributed by atoms with Crippen LogP contribution in [0.1, 0.15) is 66.4 Å². The fraction of sp³-hybridized carbons (Fsp3) is 0.324. The summed E-state index contributed by atoms with van der Waals surface area (Å²) in [6.07, 6.45) is 6.45. The summed E-state index contributed by atoms with van der Waals surface area (Å²) < 4.78 is 0. The van der Waals surface area contributed by atoms with Gasteiger partial charge in [-0.05, 0) is 60.0 Å². The van der Waals surface area contributed by atoms with Crippen LogP contribution in [-0.4, -0.2) is 41.2 Å². The van der Waals surface area contributed by atoms with Crippen molar-refractivity contribution < 1.29 is 14.4 Å². The van der Waals surface area contributed by atoms with Crippen LogP contribution >= 0.6 is 11.6 Å². The molecule has 2 aliphatic rings. The third-order valence-electron chi connectivity index (χ3n) is 8.91. The minimum atomic E-state index is -0.672. The second-order valence-electron chi connectivity index (χ2n) is 11.9. The molecule has 4 aromatic rings. The fourth-order valence-electron chi connectivity index (χ4n) is 6.62. The average Bonchev–Trinajstić information content (AvgIpc) is 3.32. The zero-order valence-electron chi connectivity index (χ0n) is 24.9. The Morgan fingerprint density at radius 2 is 1.59 bits per heavy atom. The van der Waals surface area contributed by atoms with Gasteiger partial charge in [0.15, 0.2) is 0 Å². The van der Waals surface area contributed by atoms with Gasteiger partial charge in [0.05, 0.1) is 5.69 Å². The van der Waals surface area contributed by atoms with Gasteiger partial charge in [-0.3, -0.25) is 14.4 Å². The summed E-state index contributed by atoms with van der Waals surface area (Å²) in [6, 6.07) is 28.5. The van der Waals surface area contributed by atoms with E-state index in [0.717, 1.165) is 53.3 Å². The topological polar surface area (TPSA) is 69.7 Å². The summed E-state index contributed by atoms with van der Waals surface area (Å²) in [5, 5.41) is 5.92. The molecule has 0 saturated heterocycles. The molecule has 6 rings (SSSR count). The molecule has 7 heteroatoms. The van der Waals surface area contributed by atoms with Gasteiger partial charge in [0, 0.05) is 47.9 Å². The van der Waals surface area contributed by atoms with Crippen molar-refractivity contribution >= 4 is 45.8 Å². The Labute approximate surface area is 264 Å². The normalized spacial score (nSPS) is 15.4. The van der Waals surface area contributed by atoms with Gasteiger partial charge in [-0.1, -0.05) is 97.6 Å². The van der Waals surface area contributed by atoms with Crippen LogP contribution in [0.4, 0.5) is 5.69 Å². The molecule has 3 amide bonds. The Kier molecular flexibility index (Phi) is 9.27. The molecular weight excluding hydrogens is 570 g/mol. The fourth-order valence-corrected chi connectivity index (χ4v) is 6.74. The first kappa shape index (κ1) is 29.9. The number of nitrogens with zero attached hydrogens (tertiary/aromatic N) is 2. The third kappa shape index (κ3) is 6.66. The molecule has 0 spiro atoms. The first-order valence-electron chi connectivity index (χ1n) is 15.7. The lowest BCUT2D eigenvalue weighted by Crippen LogP contribution is -2.52. The molecule has 1 aliphatic carbocycles. The minimum Gasteiger partial charge on any atom is -0.352 e. The van der Waals surface area contributed by atoms with Gasteiger partial charge in [0.25, 0.3) is 5.91 Å². The van der Waals surface area contributed by atoms with Crippen molar-refractivity contribution in [3.8, 4) is 0 Å². The molecule has 1 aliphatic heterocycles. The number of halogens is 1. The maximum atomic E-state index is 14.1. The van der Waals surface area contributed by atoms with Crippen molar-refractivity contribution in [1.29, 1.82) is 0 Å². The Bertz CT molecular complexity index is 1630. The molecular formula is C37H38ClN3O3. The summed E-state index contributed by atoms with van der Waals surface area (Å²) >= 11 is 6.17. The van der Waals surface area contributed by atoms with Gasteiger partial charge in [0.2, 0.25) is 11.8 Å². The van der Waals surface area contributed by atoms with E-state index in [9.17, 15) is 14.4 Å². The largest absolute Gasteiger partial charge is 0.352 e. The van der Waals surface area contributed by atoms with Gasteiger partial charge in [-0.15, -0.1) is 0 Å². The smallest absolute Gasteiger partial charge is 0.258 e. The van der Waals surface area contributed by atoms with Crippen molar-refractivity contribution in [3.05, 3.63) is 113 Å². The highest BCUT2D eigenvalue weighted by Crippen LogP contribution is 2.37. The van der Waals surface area contributed by atoms with Crippen molar-refractivity contribution in [3.63, 3.8) is 0 Å². The summed E-state index contributed by atoms with van der Waals surface area (Å²) in [5.74, 6) is -0.252. The summed E-state index contributed by atoms with van der Waals surface area (Å²) in [6.45, 7) is 0.712. The molecule has 226 valence electrons. The lowest BCUT2D eigenvalue weighted by molar-refractivity contribution is -0.141. The number of hydrogen-bond acceptors (Lipinski definition) is 3. The molecule has 1 atom stereocenters. The van der Waals surface area contributed by atoms with Crippen molar-refractivity contribution in [2.24, 2.45) is 0 Å². The molecule has 0 radical (unpaired) electrons. The van der Waals surface area contributed by atoms with E-state index in [1.807, 2.05) is 91.0 Å². The zero-order valence-corrected chi connectivity index (χ0v) is 25.6. The number of carbonyl (C=O) groups is 3.